The van der Waals surface area contributed by atoms with Crippen molar-refractivity contribution in [1.82, 2.24) is 4.72 Å². The number of rotatable bonds is 8. The summed E-state index contributed by atoms with van der Waals surface area (Å²) in [5.74, 6) is 0.655. The Kier molecular flexibility index (Phi) is 6.45. The first-order valence-electron chi connectivity index (χ1n) is 6.68. The zero-order chi connectivity index (χ0) is 15.2. The molecule has 0 saturated heterocycles. The molecule has 0 aromatic heterocycles. The minimum Gasteiger partial charge on any atom is -0.497 e. The van der Waals surface area contributed by atoms with Gasteiger partial charge >= 0.3 is 0 Å². The molecule has 0 aliphatic carbocycles. The van der Waals surface area contributed by atoms with Crippen LogP contribution in [0.1, 0.15) is 30.4 Å². The molecule has 20 heavy (non-hydrogen) atoms. The lowest BCUT2D eigenvalue weighted by Crippen LogP contribution is -2.26. The maximum atomic E-state index is 12.3. The summed E-state index contributed by atoms with van der Waals surface area (Å²) in [5.41, 5.74) is 1.34. The van der Waals surface area contributed by atoms with Crippen LogP contribution in [0.25, 0.3) is 0 Å². The molecule has 5 nitrogen and oxygen atoms in total. The standard InChI is InChI=1S/C14H23NO4S/c1-11-9-13(19-3)10-12(2)14(11)20(17,18)15-7-5-4-6-8-16/h9-10,15-16H,4-8H2,1-3H3. The van der Waals surface area contributed by atoms with Gasteiger partial charge in [0.1, 0.15) is 5.75 Å². The average Bonchev–Trinajstić information content (AvgIpc) is 2.37. The van der Waals surface area contributed by atoms with E-state index in [0.717, 1.165) is 6.42 Å². The van der Waals surface area contributed by atoms with Crippen molar-refractivity contribution in [3.63, 3.8) is 0 Å². The van der Waals surface area contributed by atoms with Gasteiger partial charge in [-0.25, -0.2) is 13.1 Å². The summed E-state index contributed by atoms with van der Waals surface area (Å²) in [6, 6.07) is 3.43. The zero-order valence-electron chi connectivity index (χ0n) is 12.3. The summed E-state index contributed by atoms with van der Waals surface area (Å²) in [6.45, 7) is 4.04. The number of aliphatic hydroxyl groups is 1. The summed E-state index contributed by atoms with van der Waals surface area (Å²) in [5, 5.41) is 8.68. The molecule has 1 aromatic carbocycles. The van der Waals surface area contributed by atoms with E-state index in [9.17, 15) is 8.42 Å². The van der Waals surface area contributed by atoms with Gasteiger partial charge in [-0.3, -0.25) is 0 Å². The smallest absolute Gasteiger partial charge is 0.241 e. The Balaban J connectivity index is 2.82. The topological polar surface area (TPSA) is 75.6 Å². The summed E-state index contributed by atoms with van der Waals surface area (Å²) >= 11 is 0. The zero-order valence-corrected chi connectivity index (χ0v) is 13.1. The van der Waals surface area contributed by atoms with Crippen LogP contribution in [-0.4, -0.2) is 33.8 Å². The normalized spacial score (nSPS) is 11.6. The van der Waals surface area contributed by atoms with Gasteiger partial charge in [0, 0.05) is 13.2 Å². The highest BCUT2D eigenvalue weighted by Crippen LogP contribution is 2.25. The fourth-order valence-corrected chi connectivity index (χ4v) is 3.67. The number of unbranched alkanes of at least 4 members (excludes halogenated alkanes) is 2. The van der Waals surface area contributed by atoms with Crippen molar-refractivity contribution in [2.45, 2.75) is 38.0 Å². The van der Waals surface area contributed by atoms with Crippen molar-refractivity contribution in [2.24, 2.45) is 0 Å². The molecular formula is C14H23NO4S. The predicted molar refractivity (Wildman–Crippen MR) is 78.6 cm³/mol. The van der Waals surface area contributed by atoms with Crippen molar-refractivity contribution >= 4 is 10.0 Å². The van der Waals surface area contributed by atoms with Crippen molar-refractivity contribution in [3.05, 3.63) is 23.3 Å². The Hall–Kier alpha value is -1.11. The number of sulfonamides is 1. The van der Waals surface area contributed by atoms with Crippen LogP contribution in [0.15, 0.2) is 17.0 Å². The molecule has 0 radical (unpaired) electrons. The third-order valence-corrected chi connectivity index (χ3v) is 4.83. The molecule has 0 saturated carbocycles. The molecule has 2 N–H and O–H groups in total. The van der Waals surface area contributed by atoms with Gasteiger partial charge in [0.15, 0.2) is 0 Å². The first-order chi connectivity index (χ1) is 9.42. The van der Waals surface area contributed by atoms with E-state index in [4.69, 9.17) is 9.84 Å². The van der Waals surface area contributed by atoms with Crippen LogP contribution >= 0.6 is 0 Å². The lowest BCUT2D eigenvalue weighted by atomic mass is 10.1. The minimum atomic E-state index is -3.50. The van der Waals surface area contributed by atoms with Gasteiger partial charge in [-0.2, -0.15) is 0 Å². The molecule has 0 aliphatic rings. The molecule has 1 rings (SSSR count). The van der Waals surface area contributed by atoms with Crippen LogP contribution in [-0.2, 0) is 10.0 Å². The van der Waals surface area contributed by atoms with Crippen LogP contribution in [0.4, 0.5) is 0 Å². The maximum absolute atomic E-state index is 12.3. The molecule has 0 aliphatic heterocycles. The Morgan fingerprint density at radius 2 is 1.75 bits per heavy atom. The van der Waals surface area contributed by atoms with Crippen LogP contribution in [0.2, 0.25) is 0 Å². The SMILES string of the molecule is COc1cc(C)c(S(=O)(=O)NCCCCCO)c(C)c1. The molecule has 0 amide bonds. The minimum absolute atomic E-state index is 0.142. The number of ether oxygens (including phenoxy) is 1. The van der Waals surface area contributed by atoms with Crippen molar-refractivity contribution < 1.29 is 18.3 Å². The van der Waals surface area contributed by atoms with E-state index < -0.39 is 10.0 Å². The molecule has 114 valence electrons. The van der Waals surface area contributed by atoms with E-state index in [2.05, 4.69) is 4.72 Å². The van der Waals surface area contributed by atoms with Crippen LogP contribution in [0.3, 0.4) is 0 Å². The number of hydrogen-bond acceptors (Lipinski definition) is 4. The Labute approximate surface area is 121 Å². The summed E-state index contributed by atoms with van der Waals surface area (Å²) in [4.78, 5) is 0.320. The monoisotopic (exact) mass is 301 g/mol. The highest BCUT2D eigenvalue weighted by Gasteiger charge is 2.19. The van der Waals surface area contributed by atoms with Gasteiger partial charge in [0.25, 0.3) is 0 Å². The van der Waals surface area contributed by atoms with Crippen molar-refractivity contribution in [1.29, 1.82) is 0 Å². The third-order valence-electron chi connectivity index (χ3n) is 3.07. The van der Waals surface area contributed by atoms with Gasteiger partial charge in [0.05, 0.1) is 12.0 Å². The van der Waals surface area contributed by atoms with Gasteiger partial charge in [0.2, 0.25) is 10.0 Å². The molecule has 0 atom stereocenters. The number of nitrogens with one attached hydrogen (secondary N) is 1. The van der Waals surface area contributed by atoms with E-state index in [0.29, 0.717) is 41.2 Å². The molecule has 0 heterocycles. The van der Waals surface area contributed by atoms with Crippen molar-refractivity contribution in [3.8, 4) is 5.75 Å². The number of aliphatic hydroxyl groups excluding tert-OH is 1. The molecule has 1 aromatic rings. The summed E-state index contributed by atoms with van der Waals surface area (Å²) in [6.07, 6.45) is 2.22. The average molecular weight is 301 g/mol. The first kappa shape index (κ1) is 16.9. The van der Waals surface area contributed by atoms with Crippen LogP contribution in [0, 0.1) is 13.8 Å². The van der Waals surface area contributed by atoms with Crippen molar-refractivity contribution in [2.75, 3.05) is 20.3 Å². The third kappa shape index (κ3) is 4.47. The summed E-state index contributed by atoms with van der Waals surface area (Å²) < 4.78 is 32.3. The maximum Gasteiger partial charge on any atom is 0.241 e. The van der Waals surface area contributed by atoms with Gasteiger partial charge in [-0.15, -0.1) is 0 Å². The van der Waals surface area contributed by atoms with Gasteiger partial charge in [-0.1, -0.05) is 0 Å². The van der Waals surface area contributed by atoms with Crippen LogP contribution < -0.4 is 9.46 Å². The highest BCUT2D eigenvalue weighted by molar-refractivity contribution is 7.89. The Morgan fingerprint density at radius 3 is 2.25 bits per heavy atom. The highest BCUT2D eigenvalue weighted by atomic mass is 32.2. The predicted octanol–water partition coefficient (Wildman–Crippen LogP) is 1.75. The van der Waals surface area contributed by atoms with E-state index >= 15 is 0 Å². The van der Waals surface area contributed by atoms with E-state index in [1.54, 1.807) is 33.1 Å². The molecular weight excluding hydrogens is 278 g/mol. The second kappa shape index (κ2) is 7.61. The molecule has 0 bridgehead atoms. The molecule has 6 heteroatoms. The van der Waals surface area contributed by atoms with Gasteiger partial charge in [-0.05, 0) is 56.4 Å². The lowest BCUT2D eigenvalue weighted by Gasteiger charge is -2.13. The lowest BCUT2D eigenvalue weighted by molar-refractivity contribution is 0.283. The fraction of sp³-hybridized carbons (Fsp3) is 0.571. The van der Waals surface area contributed by atoms with Crippen LogP contribution in [0.5, 0.6) is 5.75 Å². The number of methoxy groups -OCH3 is 1. The van der Waals surface area contributed by atoms with Gasteiger partial charge < -0.3 is 9.84 Å². The number of hydrogen-bond donors (Lipinski definition) is 2. The summed E-state index contributed by atoms with van der Waals surface area (Å²) in [7, 11) is -1.94. The van der Waals surface area contributed by atoms with E-state index in [1.807, 2.05) is 0 Å². The quantitative estimate of drug-likeness (QED) is 0.717. The Morgan fingerprint density at radius 1 is 1.15 bits per heavy atom. The first-order valence-corrected chi connectivity index (χ1v) is 8.16. The van der Waals surface area contributed by atoms with E-state index in [-0.39, 0.29) is 6.61 Å². The molecule has 0 unspecified atom stereocenters. The number of benzene rings is 1. The Bertz CT molecular complexity index is 517. The largest absolute Gasteiger partial charge is 0.497 e. The van der Waals surface area contributed by atoms with E-state index in [1.165, 1.54) is 0 Å². The second-order valence-corrected chi connectivity index (χ2v) is 6.48. The number of aryl methyl sites for hydroxylation is 2. The second-order valence-electron chi connectivity index (χ2n) is 4.77. The fourth-order valence-electron chi connectivity index (χ4n) is 2.14. The molecule has 0 fully saturated rings. The molecule has 0 spiro atoms.